The highest BCUT2D eigenvalue weighted by Crippen LogP contribution is 2.36. The normalized spacial score (nSPS) is 14.8. The molecule has 2 atom stereocenters. The van der Waals surface area contributed by atoms with Crippen molar-refractivity contribution in [3.8, 4) is 23.0 Å². The minimum absolute atomic E-state index is 0.228. The molecule has 260 valence electrons. The molecule has 4 aromatic carbocycles. The monoisotopic (exact) mass is 678 g/mol. The molecule has 1 fully saturated rings. The highest BCUT2D eigenvalue weighted by molar-refractivity contribution is 5.93. The second kappa shape index (κ2) is 17.7. The molecule has 4 aromatic rings. The van der Waals surface area contributed by atoms with Crippen LogP contribution in [-0.4, -0.2) is 47.0 Å². The minimum atomic E-state index is -0.867. The maximum atomic E-state index is 13.1. The number of nitrogens with zero attached hydrogens (tertiary/aromatic N) is 2. The Morgan fingerprint density at radius 3 is 1.18 bits per heavy atom. The van der Waals surface area contributed by atoms with Crippen molar-refractivity contribution in [1.82, 2.24) is 9.80 Å². The smallest absolute Gasteiger partial charge is 0.417 e. The van der Waals surface area contributed by atoms with E-state index in [2.05, 4.69) is 0 Å². The van der Waals surface area contributed by atoms with Gasteiger partial charge in [0.05, 0.1) is 11.8 Å². The lowest BCUT2D eigenvalue weighted by molar-refractivity contribution is -0.161. The molecule has 50 heavy (non-hydrogen) atoms. The van der Waals surface area contributed by atoms with Gasteiger partial charge in [-0.05, 0) is 85.3 Å². The van der Waals surface area contributed by atoms with Crippen LogP contribution in [0.1, 0.15) is 50.7 Å². The Balaban J connectivity index is 1.11. The fraction of sp³-hybridized carbons (Fsp3) is 0.300. The summed E-state index contributed by atoms with van der Waals surface area (Å²) in [5.41, 5.74) is 1.67. The SMILES string of the molecule is CCCN(Cc1ccc(Oc2ccccc2)cc1)C(=O)OC(=O)C1CCC1C(=O)OC(=O)N(CCC)Cc1ccc(Oc2ccccc2)cc1. The lowest BCUT2D eigenvalue weighted by Gasteiger charge is -2.33. The summed E-state index contributed by atoms with van der Waals surface area (Å²) in [5.74, 6) is -0.593. The number of esters is 2. The first-order valence-corrected chi connectivity index (χ1v) is 17.0. The summed E-state index contributed by atoms with van der Waals surface area (Å²) < 4.78 is 22.2. The summed E-state index contributed by atoms with van der Waals surface area (Å²) in [4.78, 5) is 55.1. The van der Waals surface area contributed by atoms with E-state index in [1.807, 2.05) is 123 Å². The highest BCUT2D eigenvalue weighted by atomic mass is 16.6. The van der Waals surface area contributed by atoms with Crippen molar-refractivity contribution in [2.75, 3.05) is 13.1 Å². The van der Waals surface area contributed by atoms with Crippen LogP contribution in [0.4, 0.5) is 9.59 Å². The van der Waals surface area contributed by atoms with Crippen molar-refractivity contribution in [3.63, 3.8) is 0 Å². The number of rotatable bonds is 14. The van der Waals surface area contributed by atoms with Crippen molar-refractivity contribution in [1.29, 1.82) is 0 Å². The number of benzene rings is 4. The molecular formula is C40H42N2O8. The van der Waals surface area contributed by atoms with E-state index in [-0.39, 0.29) is 13.1 Å². The van der Waals surface area contributed by atoms with Gasteiger partial charge in [-0.15, -0.1) is 0 Å². The van der Waals surface area contributed by atoms with Crippen LogP contribution in [0.25, 0.3) is 0 Å². The third kappa shape index (κ3) is 9.95. The van der Waals surface area contributed by atoms with Crippen molar-refractivity contribution >= 4 is 24.1 Å². The molecule has 0 N–H and O–H groups in total. The number of carbonyl (C=O) groups is 4. The van der Waals surface area contributed by atoms with E-state index in [0.29, 0.717) is 61.8 Å². The first-order chi connectivity index (χ1) is 24.3. The van der Waals surface area contributed by atoms with Gasteiger partial charge in [-0.2, -0.15) is 0 Å². The second-order valence-electron chi connectivity index (χ2n) is 12.1. The summed E-state index contributed by atoms with van der Waals surface area (Å²) in [5, 5.41) is 0. The molecule has 2 amide bonds. The van der Waals surface area contributed by atoms with Gasteiger partial charge >= 0.3 is 24.1 Å². The molecule has 1 aliphatic carbocycles. The van der Waals surface area contributed by atoms with Crippen molar-refractivity contribution in [2.45, 2.75) is 52.6 Å². The first kappa shape index (κ1) is 35.7. The van der Waals surface area contributed by atoms with Crippen LogP contribution in [0.2, 0.25) is 0 Å². The lowest BCUT2D eigenvalue weighted by Crippen LogP contribution is -2.44. The van der Waals surface area contributed by atoms with E-state index in [4.69, 9.17) is 18.9 Å². The van der Waals surface area contributed by atoms with Crippen molar-refractivity contribution in [2.24, 2.45) is 11.8 Å². The average molecular weight is 679 g/mol. The van der Waals surface area contributed by atoms with E-state index in [9.17, 15) is 19.2 Å². The predicted octanol–water partition coefficient (Wildman–Crippen LogP) is 8.75. The maximum Gasteiger partial charge on any atom is 0.417 e. The van der Waals surface area contributed by atoms with Crippen LogP contribution < -0.4 is 9.47 Å². The summed E-state index contributed by atoms with van der Waals surface area (Å²) in [6.45, 7) is 5.04. The van der Waals surface area contributed by atoms with Gasteiger partial charge in [0.1, 0.15) is 23.0 Å². The molecule has 0 spiro atoms. The van der Waals surface area contributed by atoms with Gasteiger partial charge in [-0.3, -0.25) is 9.59 Å². The Kier molecular flexibility index (Phi) is 12.6. The first-order valence-electron chi connectivity index (χ1n) is 17.0. The maximum absolute atomic E-state index is 13.1. The Morgan fingerprint density at radius 2 is 0.860 bits per heavy atom. The van der Waals surface area contributed by atoms with Crippen molar-refractivity contribution < 1.29 is 38.1 Å². The molecule has 0 saturated heterocycles. The van der Waals surface area contributed by atoms with Crippen LogP contribution in [0.3, 0.4) is 0 Å². The van der Waals surface area contributed by atoms with Crippen LogP contribution in [0.5, 0.6) is 23.0 Å². The third-order valence-corrected chi connectivity index (χ3v) is 8.31. The Morgan fingerprint density at radius 1 is 0.520 bits per heavy atom. The minimum Gasteiger partial charge on any atom is -0.457 e. The Hall–Kier alpha value is -5.64. The number of carbonyl (C=O) groups excluding carboxylic acids is 4. The largest absolute Gasteiger partial charge is 0.457 e. The molecule has 1 aliphatic rings. The van der Waals surface area contributed by atoms with Gasteiger partial charge in [0, 0.05) is 26.2 Å². The van der Waals surface area contributed by atoms with E-state index in [1.54, 1.807) is 0 Å². The highest BCUT2D eigenvalue weighted by Gasteiger charge is 2.45. The molecule has 0 bridgehead atoms. The van der Waals surface area contributed by atoms with Gasteiger partial charge in [-0.1, -0.05) is 74.5 Å². The third-order valence-electron chi connectivity index (χ3n) is 8.31. The van der Waals surface area contributed by atoms with Gasteiger partial charge in [0.15, 0.2) is 0 Å². The molecular weight excluding hydrogens is 636 g/mol. The van der Waals surface area contributed by atoms with E-state index >= 15 is 0 Å². The summed E-state index contributed by atoms with van der Waals surface area (Å²) in [7, 11) is 0. The molecule has 5 rings (SSSR count). The lowest BCUT2D eigenvalue weighted by atomic mass is 9.74. The van der Waals surface area contributed by atoms with Crippen molar-refractivity contribution in [3.05, 3.63) is 120 Å². The number of hydrogen-bond donors (Lipinski definition) is 0. The summed E-state index contributed by atoms with van der Waals surface area (Å²) in [6, 6.07) is 33.5. The fourth-order valence-corrected chi connectivity index (χ4v) is 5.54. The van der Waals surface area contributed by atoms with Crippen LogP contribution in [0.15, 0.2) is 109 Å². The zero-order valence-corrected chi connectivity index (χ0v) is 28.4. The molecule has 2 unspecified atom stereocenters. The second-order valence-corrected chi connectivity index (χ2v) is 12.1. The van der Waals surface area contributed by atoms with E-state index < -0.39 is 36.0 Å². The van der Waals surface area contributed by atoms with Crippen LogP contribution in [0, 0.1) is 11.8 Å². The molecule has 0 heterocycles. The average Bonchev–Trinajstić information content (AvgIpc) is 3.10. The zero-order valence-electron chi connectivity index (χ0n) is 28.4. The predicted molar refractivity (Wildman–Crippen MR) is 187 cm³/mol. The Bertz CT molecular complexity index is 1580. The number of hydrogen-bond acceptors (Lipinski definition) is 8. The van der Waals surface area contributed by atoms with Gasteiger partial charge in [0.2, 0.25) is 0 Å². The standard InChI is InChI=1S/C40H42N2O8/c1-3-25-41(27-29-15-19-33(20-16-29)47-31-11-7-5-8-12-31)39(45)49-37(43)35-23-24-36(35)38(44)50-40(46)42(26-4-2)28-30-17-21-34(22-18-30)48-32-13-9-6-10-14-32/h5-22,35-36H,3-4,23-28H2,1-2H3. The van der Waals surface area contributed by atoms with Gasteiger partial charge in [-0.25, -0.2) is 9.59 Å². The quantitative estimate of drug-likeness (QED) is 0.0962. The molecule has 10 heteroatoms. The van der Waals surface area contributed by atoms with Gasteiger partial charge in [0.25, 0.3) is 0 Å². The molecule has 0 aromatic heterocycles. The number of ether oxygens (including phenoxy) is 4. The summed E-state index contributed by atoms with van der Waals surface area (Å²) >= 11 is 0. The zero-order chi connectivity index (χ0) is 35.3. The van der Waals surface area contributed by atoms with E-state index in [0.717, 1.165) is 11.1 Å². The molecule has 0 aliphatic heterocycles. The summed E-state index contributed by atoms with van der Waals surface area (Å²) in [6.07, 6.45) is 0.439. The number of para-hydroxylation sites is 2. The van der Waals surface area contributed by atoms with Crippen LogP contribution in [-0.2, 0) is 32.2 Å². The van der Waals surface area contributed by atoms with Crippen LogP contribution >= 0.6 is 0 Å². The molecule has 10 nitrogen and oxygen atoms in total. The Labute approximate surface area is 292 Å². The van der Waals surface area contributed by atoms with Gasteiger partial charge < -0.3 is 28.7 Å². The fourth-order valence-electron chi connectivity index (χ4n) is 5.54. The number of amides is 2. The molecule has 1 saturated carbocycles. The van der Waals surface area contributed by atoms with E-state index in [1.165, 1.54) is 9.80 Å². The molecule has 0 radical (unpaired) electrons. The topological polar surface area (TPSA) is 112 Å².